The number of aromatic amines is 1. The van der Waals surface area contributed by atoms with E-state index in [4.69, 9.17) is 4.42 Å². The van der Waals surface area contributed by atoms with E-state index in [9.17, 15) is 19.7 Å². The Kier molecular flexibility index (Phi) is 4.54. The maximum absolute atomic E-state index is 12.6. The Morgan fingerprint density at radius 1 is 1.00 bits per heavy atom. The van der Waals surface area contributed by atoms with Gasteiger partial charge in [0.05, 0.1) is 10.4 Å². The summed E-state index contributed by atoms with van der Waals surface area (Å²) in [5.74, 6) is -1.12. The van der Waals surface area contributed by atoms with Gasteiger partial charge in [0.1, 0.15) is 5.69 Å². The van der Waals surface area contributed by atoms with Crippen molar-refractivity contribution in [3.05, 3.63) is 93.0 Å². The van der Waals surface area contributed by atoms with Crippen molar-refractivity contribution in [2.45, 2.75) is 0 Å². The molecule has 144 valence electrons. The SMILES string of the molecule is O=C(Nc1ccc2oc(=O)[nH]c2c1)c1ccc(Nc2ccccc2)c([N+](=O)[O-])c1. The first-order valence-electron chi connectivity index (χ1n) is 8.54. The molecule has 9 nitrogen and oxygen atoms in total. The van der Waals surface area contributed by atoms with Gasteiger partial charge in [-0.25, -0.2) is 4.79 Å². The number of aromatic nitrogens is 1. The van der Waals surface area contributed by atoms with Crippen molar-refractivity contribution in [1.82, 2.24) is 4.98 Å². The highest BCUT2D eigenvalue weighted by atomic mass is 16.6. The van der Waals surface area contributed by atoms with E-state index in [0.717, 1.165) is 0 Å². The second-order valence-electron chi connectivity index (χ2n) is 6.16. The molecule has 0 atom stereocenters. The van der Waals surface area contributed by atoms with Gasteiger partial charge in [-0.1, -0.05) is 18.2 Å². The fraction of sp³-hybridized carbons (Fsp3) is 0. The molecule has 29 heavy (non-hydrogen) atoms. The van der Waals surface area contributed by atoms with Gasteiger partial charge in [0.2, 0.25) is 0 Å². The Hall–Kier alpha value is -4.40. The number of nitro groups is 1. The summed E-state index contributed by atoms with van der Waals surface area (Å²) in [5, 5.41) is 17.1. The smallest absolute Gasteiger partial charge is 0.408 e. The molecule has 0 bridgehead atoms. The number of H-pyrrole nitrogens is 1. The number of para-hydroxylation sites is 1. The molecule has 0 aliphatic rings. The molecule has 0 radical (unpaired) electrons. The quantitative estimate of drug-likeness (QED) is 0.348. The average molecular weight is 390 g/mol. The van der Waals surface area contributed by atoms with Crippen LogP contribution in [0.15, 0.2) is 75.9 Å². The van der Waals surface area contributed by atoms with Crippen molar-refractivity contribution in [3.8, 4) is 0 Å². The van der Waals surface area contributed by atoms with E-state index in [1.54, 1.807) is 30.3 Å². The zero-order valence-corrected chi connectivity index (χ0v) is 14.8. The minimum atomic E-state index is -0.597. The number of hydrogen-bond donors (Lipinski definition) is 3. The van der Waals surface area contributed by atoms with Gasteiger partial charge in [0.15, 0.2) is 5.58 Å². The zero-order chi connectivity index (χ0) is 20.4. The van der Waals surface area contributed by atoms with Crippen LogP contribution in [0.3, 0.4) is 0 Å². The summed E-state index contributed by atoms with van der Waals surface area (Å²) in [6.07, 6.45) is 0. The summed E-state index contributed by atoms with van der Waals surface area (Å²) in [4.78, 5) is 37.2. The van der Waals surface area contributed by atoms with E-state index in [1.165, 1.54) is 30.3 Å². The van der Waals surface area contributed by atoms with Gasteiger partial charge in [-0.2, -0.15) is 0 Å². The number of rotatable bonds is 5. The van der Waals surface area contributed by atoms with E-state index in [-0.39, 0.29) is 16.9 Å². The van der Waals surface area contributed by atoms with E-state index in [1.807, 2.05) is 6.07 Å². The summed E-state index contributed by atoms with van der Waals surface area (Å²) < 4.78 is 4.91. The molecule has 9 heteroatoms. The second-order valence-corrected chi connectivity index (χ2v) is 6.16. The van der Waals surface area contributed by atoms with Crippen LogP contribution in [0.2, 0.25) is 0 Å². The minimum absolute atomic E-state index is 0.121. The second kappa shape index (κ2) is 7.31. The number of nitro benzene ring substituents is 1. The van der Waals surface area contributed by atoms with Crippen molar-refractivity contribution in [1.29, 1.82) is 0 Å². The number of carbonyl (C=O) groups is 1. The Labute approximate surface area is 163 Å². The molecular formula is C20H14N4O5. The lowest BCUT2D eigenvalue weighted by Gasteiger charge is -2.09. The zero-order valence-electron chi connectivity index (χ0n) is 14.8. The lowest BCUT2D eigenvalue weighted by molar-refractivity contribution is -0.383. The molecular weight excluding hydrogens is 376 g/mol. The fourth-order valence-electron chi connectivity index (χ4n) is 2.84. The summed E-state index contributed by atoms with van der Waals surface area (Å²) in [5.41, 5.74) is 2.06. The van der Waals surface area contributed by atoms with Crippen LogP contribution < -0.4 is 16.4 Å². The Bertz CT molecular complexity index is 1280. The highest BCUT2D eigenvalue weighted by molar-refractivity contribution is 6.05. The van der Waals surface area contributed by atoms with Gasteiger partial charge >= 0.3 is 5.76 Å². The first-order valence-corrected chi connectivity index (χ1v) is 8.54. The molecule has 3 aromatic carbocycles. The number of nitrogens with one attached hydrogen (secondary N) is 3. The van der Waals surface area contributed by atoms with Gasteiger partial charge in [-0.15, -0.1) is 0 Å². The number of fused-ring (bicyclic) bond motifs is 1. The molecule has 0 unspecified atom stereocenters. The summed E-state index contributed by atoms with van der Waals surface area (Å²) in [6, 6.07) is 17.8. The lowest BCUT2D eigenvalue weighted by atomic mass is 10.1. The number of benzene rings is 3. The lowest BCUT2D eigenvalue weighted by Crippen LogP contribution is -2.12. The van der Waals surface area contributed by atoms with Crippen molar-refractivity contribution in [2.75, 3.05) is 10.6 Å². The normalized spacial score (nSPS) is 10.6. The largest absolute Gasteiger partial charge is 0.417 e. The number of amides is 1. The monoisotopic (exact) mass is 390 g/mol. The molecule has 0 aliphatic heterocycles. The van der Waals surface area contributed by atoms with Crippen LogP contribution in [0.1, 0.15) is 10.4 Å². The summed E-state index contributed by atoms with van der Waals surface area (Å²) in [6.45, 7) is 0. The summed E-state index contributed by atoms with van der Waals surface area (Å²) >= 11 is 0. The number of oxazole rings is 1. The molecule has 0 aliphatic carbocycles. The maximum atomic E-state index is 12.6. The number of anilines is 3. The topological polar surface area (TPSA) is 130 Å². The van der Waals surface area contributed by atoms with Crippen LogP contribution in [0.25, 0.3) is 11.1 Å². The first-order chi connectivity index (χ1) is 14.0. The molecule has 1 aromatic heterocycles. The third-order valence-electron chi connectivity index (χ3n) is 4.19. The van der Waals surface area contributed by atoms with Crippen LogP contribution in [-0.4, -0.2) is 15.8 Å². The van der Waals surface area contributed by atoms with Crippen molar-refractivity contribution in [3.63, 3.8) is 0 Å². The van der Waals surface area contributed by atoms with Crippen LogP contribution in [-0.2, 0) is 0 Å². The van der Waals surface area contributed by atoms with Crippen LogP contribution in [0.4, 0.5) is 22.7 Å². The maximum Gasteiger partial charge on any atom is 0.417 e. The molecule has 4 aromatic rings. The Balaban J connectivity index is 1.59. The van der Waals surface area contributed by atoms with Gasteiger partial charge < -0.3 is 15.1 Å². The van der Waals surface area contributed by atoms with Crippen molar-refractivity contribution < 1.29 is 14.1 Å². The van der Waals surface area contributed by atoms with Crippen LogP contribution in [0.5, 0.6) is 0 Å². The first kappa shape index (κ1) is 18.0. The molecule has 0 fully saturated rings. The predicted octanol–water partition coefficient (Wildman–Crippen LogP) is 4.03. The highest BCUT2D eigenvalue weighted by Gasteiger charge is 2.18. The Morgan fingerprint density at radius 2 is 1.79 bits per heavy atom. The molecule has 1 heterocycles. The van der Waals surface area contributed by atoms with E-state index in [0.29, 0.717) is 22.5 Å². The third kappa shape index (κ3) is 3.83. The van der Waals surface area contributed by atoms with Crippen LogP contribution in [0, 0.1) is 10.1 Å². The van der Waals surface area contributed by atoms with Gasteiger partial charge in [-0.05, 0) is 42.5 Å². The third-order valence-corrected chi connectivity index (χ3v) is 4.19. The number of hydrogen-bond acceptors (Lipinski definition) is 6. The predicted molar refractivity (Wildman–Crippen MR) is 108 cm³/mol. The van der Waals surface area contributed by atoms with E-state index < -0.39 is 16.6 Å². The fourth-order valence-corrected chi connectivity index (χ4v) is 2.84. The number of carbonyl (C=O) groups excluding carboxylic acids is 1. The average Bonchev–Trinajstić information content (AvgIpc) is 3.08. The van der Waals surface area contributed by atoms with Crippen LogP contribution >= 0.6 is 0 Å². The minimum Gasteiger partial charge on any atom is -0.408 e. The summed E-state index contributed by atoms with van der Waals surface area (Å²) in [7, 11) is 0. The molecule has 1 amide bonds. The van der Waals surface area contributed by atoms with E-state index >= 15 is 0 Å². The van der Waals surface area contributed by atoms with Crippen molar-refractivity contribution >= 4 is 39.8 Å². The van der Waals surface area contributed by atoms with Gasteiger partial charge in [0.25, 0.3) is 11.6 Å². The Morgan fingerprint density at radius 3 is 2.55 bits per heavy atom. The van der Waals surface area contributed by atoms with Crippen molar-refractivity contribution in [2.24, 2.45) is 0 Å². The van der Waals surface area contributed by atoms with Gasteiger partial charge in [0, 0.05) is 23.0 Å². The molecule has 3 N–H and O–H groups in total. The van der Waals surface area contributed by atoms with E-state index in [2.05, 4.69) is 15.6 Å². The van der Waals surface area contributed by atoms with Gasteiger partial charge in [-0.3, -0.25) is 19.9 Å². The standard InChI is InChI=1S/C20H14N4O5/c25-19(22-14-7-9-18-16(11-14)23-20(26)29-18)12-6-8-15(17(10-12)24(27)28)21-13-4-2-1-3-5-13/h1-11,21H,(H,22,25)(H,23,26). The molecule has 0 saturated heterocycles. The molecule has 0 spiro atoms. The number of nitrogens with zero attached hydrogens (tertiary/aromatic N) is 1. The molecule has 0 saturated carbocycles. The molecule has 4 rings (SSSR count). The highest BCUT2D eigenvalue weighted by Crippen LogP contribution is 2.29.